The molecule has 2 aliphatic rings. The number of aromatic amines is 1. The second-order valence-corrected chi connectivity index (χ2v) is 6.46. The smallest absolute Gasteiger partial charge is 0.355 e. The Hall–Kier alpha value is -1.78. The predicted molar refractivity (Wildman–Crippen MR) is 80.9 cm³/mol. The first kappa shape index (κ1) is 15.1. The number of H-pyrrole nitrogens is 1. The third kappa shape index (κ3) is 2.53. The fourth-order valence-corrected chi connectivity index (χ4v) is 3.99. The number of esters is 2. The summed E-state index contributed by atoms with van der Waals surface area (Å²) in [6.07, 6.45) is 4.67. The Balaban J connectivity index is 1.76. The van der Waals surface area contributed by atoms with Gasteiger partial charge in [0.15, 0.2) is 0 Å². The first-order chi connectivity index (χ1) is 10.5. The summed E-state index contributed by atoms with van der Waals surface area (Å²) in [6, 6.07) is 0. The van der Waals surface area contributed by atoms with Crippen LogP contribution in [0.3, 0.4) is 0 Å². The molecule has 0 aliphatic heterocycles. The molecule has 5 heteroatoms. The number of nitrogens with one attached hydrogen (secondary N) is 1. The molecular formula is C17H23NO4. The summed E-state index contributed by atoms with van der Waals surface area (Å²) in [6.45, 7) is 5.61. The summed E-state index contributed by atoms with van der Waals surface area (Å²) in [4.78, 5) is 27.4. The maximum absolute atomic E-state index is 12.5. The highest BCUT2D eigenvalue weighted by atomic mass is 16.5. The van der Waals surface area contributed by atoms with Crippen LogP contribution >= 0.6 is 0 Å². The zero-order valence-electron chi connectivity index (χ0n) is 13.4. The van der Waals surface area contributed by atoms with Crippen molar-refractivity contribution in [3.05, 3.63) is 22.5 Å². The highest BCUT2D eigenvalue weighted by Crippen LogP contribution is 2.46. The van der Waals surface area contributed by atoms with E-state index in [2.05, 4.69) is 4.98 Å². The summed E-state index contributed by atoms with van der Waals surface area (Å²) in [5.41, 5.74) is 2.10. The van der Waals surface area contributed by atoms with Gasteiger partial charge in [0.25, 0.3) is 0 Å². The predicted octanol–water partition coefficient (Wildman–Crippen LogP) is 3.15. The minimum absolute atomic E-state index is 0.0472. The van der Waals surface area contributed by atoms with Crippen molar-refractivity contribution in [1.82, 2.24) is 4.98 Å². The molecule has 2 saturated carbocycles. The van der Waals surface area contributed by atoms with Gasteiger partial charge in [-0.05, 0) is 63.9 Å². The minimum atomic E-state index is -0.429. The van der Waals surface area contributed by atoms with Crippen molar-refractivity contribution in [2.75, 3.05) is 6.61 Å². The average molecular weight is 305 g/mol. The second-order valence-electron chi connectivity index (χ2n) is 6.46. The molecule has 3 unspecified atom stereocenters. The van der Waals surface area contributed by atoms with Crippen molar-refractivity contribution < 1.29 is 19.1 Å². The Kier molecular flexibility index (Phi) is 3.98. The van der Waals surface area contributed by atoms with Gasteiger partial charge in [0.2, 0.25) is 0 Å². The van der Waals surface area contributed by atoms with Gasteiger partial charge in [-0.2, -0.15) is 0 Å². The lowest BCUT2D eigenvalue weighted by Gasteiger charge is -2.22. The van der Waals surface area contributed by atoms with Crippen molar-refractivity contribution >= 4 is 11.9 Å². The van der Waals surface area contributed by atoms with Gasteiger partial charge in [-0.15, -0.1) is 0 Å². The van der Waals surface area contributed by atoms with Crippen molar-refractivity contribution in [2.24, 2.45) is 11.8 Å². The summed E-state index contributed by atoms with van der Waals surface area (Å²) in [5.74, 6) is 0.505. The molecule has 1 N–H and O–H groups in total. The Morgan fingerprint density at radius 3 is 2.55 bits per heavy atom. The van der Waals surface area contributed by atoms with E-state index in [0.29, 0.717) is 35.0 Å². The van der Waals surface area contributed by atoms with Gasteiger partial charge in [-0.3, -0.25) is 0 Å². The SMILES string of the molecule is CCOC(=O)c1[nH]c(C)c(C(=O)OC2CC3CCC2C3)c1C. The highest BCUT2D eigenvalue weighted by Gasteiger charge is 2.42. The zero-order valence-corrected chi connectivity index (χ0v) is 13.4. The molecule has 0 spiro atoms. The van der Waals surface area contributed by atoms with Gasteiger partial charge < -0.3 is 14.5 Å². The molecule has 0 radical (unpaired) electrons. The quantitative estimate of drug-likeness (QED) is 0.868. The van der Waals surface area contributed by atoms with Crippen molar-refractivity contribution in [2.45, 2.75) is 52.6 Å². The molecule has 1 heterocycles. The van der Waals surface area contributed by atoms with Gasteiger partial charge in [0.05, 0.1) is 12.2 Å². The number of hydrogen-bond acceptors (Lipinski definition) is 4. The molecular weight excluding hydrogens is 282 g/mol. The maximum Gasteiger partial charge on any atom is 0.355 e. The molecule has 3 rings (SSSR count). The molecule has 2 fully saturated rings. The van der Waals surface area contributed by atoms with Crippen molar-refractivity contribution in [3.63, 3.8) is 0 Å². The number of carbonyl (C=O) groups is 2. The average Bonchev–Trinajstić information content (AvgIpc) is 3.13. The number of rotatable bonds is 4. The number of aryl methyl sites for hydroxylation is 1. The number of fused-ring (bicyclic) bond motifs is 2. The van der Waals surface area contributed by atoms with Crippen LogP contribution < -0.4 is 0 Å². The van der Waals surface area contributed by atoms with Crippen LogP contribution in [-0.4, -0.2) is 29.6 Å². The molecule has 5 nitrogen and oxygen atoms in total. The Morgan fingerprint density at radius 2 is 1.95 bits per heavy atom. The first-order valence-electron chi connectivity index (χ1n) is 8.08. The normalized spacial score (nSPS) is 26.2. The molecule has 22 heavy (non-hydrogen) atoms. The van der Waals surface area contributed by atoms with Crippen LogP contribution in [0.5, 0.6) is 0 Å². The van der Waals surface area contributed by atoms with Crippen LogP contribution in [0.1, 0.15) is 64.7 Å². The standard InChI is InChI=1S/C17H23NO4/c1-4-21-17(20)15-9(2)14(10(3)18-15)16(19)22-13-8-11-5-6-12(13)7-11/h11-13,18H,4-8H2,1-3H3. The van der Waals surface area contributed by atoms with E-state index >= 15 is 0 Å². The summed E-state index contributed by atoms with van der Waals surface area (Å²) < 4.78 is 10.7. The summed E-state index contributed by atoms with van der Waals surface area (Å²) >= 11 is 0. The van der Waals surface area contributed by atoms with Gasteiger partial charge >= 0.3 is 11.9 Å². The molecule has 0 saturated heterocycles. The molecule has 120 valence electrons. The minimum Gasteiger partial charge on any atom is -0.461 e. The van der Waals surface area contributed by atoms with Gasteiger partial charge in [0, 0.05) is 5.69 Å². The van der Waals surface area contributed by atoms with E-state index in [9.17, 15) is 9.59 Å². The lowest BCUT2D eigenvalue weighted by Crippen LogP contribution is -2.24. The van der Waals surface area contributed by atoms with Crippen LogP contribution in [0, 0.1) is 25.7 Å². The second kappa shape index (κ2) is 5.78. The summed E-state index contributed by atoms with van der Waals surface area (Å²) in [7, 11) is 0. The monoisotopic (exact) mass is 305 g/mol. The molecule has 0 aromatic carbocycles. The Morgan fingerprint density at radius 1 is 1.18 bits per heavy atom. The molecule has 2 bridgehead atoms. The Labute approximate surface area is 130 Å². The van der Waals surface area contributed by atoms with Gasteiger partial charge in [0.1, 0.15) is 11.8 Å². The first-order valence-corrected chi connectivity index (χ1v) is 8.08. The third-order valence-corrected chi connectivity index (χ3v) is 5.05. The lowest BCUT2D eigenvalue weighted by atomic mass is 9.97. The van der Waals surface area contributed by atoms with Crippen molar-refractivity contribution in [1.29, 1.82) is 0 Å². The van der Waals surface area contributed by atoms with Crippen LogP contribution in [-0.2, 0) is 9.47 Å². The number of carbonyl (C=O) groups excluding carboxylic acids is 2. The topological polar surface area (TPSA) is 68.4 Å². The summed E-state index contributed by atoms with van der Waals surface area (Å²) in [5, 5.41) is 0. The van der Waals surface area contributed by atoms with E-state index < -0.39 is 5.97 Å². The van der Waals surface area contributed by atoms with E-state index in [0.717, 1.165) is 12.3 Å². The van der Waals surface area contributed by atoms with Crippen LogP contribution in [0.25, 0.3) is 0 Å². The van der Waals surface area contributed by atoms with E-state index in [4.69, 9.17) is 9.47 Å². The van der Waals surface area contributed by atoms with Gasteiger partial charge in [-0.25, -0.2) is 9.59 Å². The molecule has 3 atom stereocenters. The highest BCUT2D eigenvalue weighted by molar-refractivity contribution is 5.98. The number of aromatic nitrogens is 1. The molecule has 2 aliphatic carbocycles. The van der Waals surface area contributed by atoms with E-state index in [-0.39, 0.29) is 12.1 Å². The largest absolute Gasteiger partial charge is 0.461 e. The van der Waals surface area contributed by atoms with Crippen LogP contribution in [0.2, 0.25) is 0 Å². The van der Waals surface area contributed by atoms with Crippen LogP contribution in [0.4, 0.5) is 0 Å². The third-order valence-electron chi connectivity index (χ3n) is 5.05. The fourth-order valence-electron chi connectivity index (χ4n) is 3.99. The number of hydrogen-bond donors (Lipinski definition) is 1. The zero-order chi connectivity index (χ0) is 15.9. The van der Waals surface area contributed by atoms with Gasteiger partial charge in [-0.1, -0.05) is 0 Å². The molecule has 1 aromatic rings. The van der Waals surface area contributed by atoms with E-state index in [1.807, 2.05) is 0 Å². The van der Waals surface area contributed by atoms with E-state index in [1.165, 1.54) is 19.3 Å². The maximum atomic E-state index is 12.5. The molecule has 1 aromatic heterocycles. The number of ether oxygens (including phenoxy) is 2. The van der Waals surface area contributed by atoms with Crippen LogP contribution in [0.15, 0.2) is 0 Å². The van der Waals surface area contributed by atoms with E-state index in [1.54, 1.807) is 20.8 Å². The Bertz CT molecular complexity index is 604. The fraction of sp³-hybridized carbons (Fsp3) is 0.647. The lowest BCUT2D eigenvalue weighted by molar-refractivity contribution is 0.0157. The van der Waals surface area contributed by atoms with Crippen molar-refractivity contribution in [3.8, 4) is 0 Å². The molecule has 0 amide bonds.